The van der Waals surface area contributed by atoms with Gasteiger partial charge in [0, 0.05) is 10.7 Å². The van der Waals surface area contributed by atoms with Crippen molar-refractivity contribution < 1.29 is 9.66 Å². The molecule has 156 valence electrons. The van der Waals surface area contributed by atoms with Gasteiger partial charge < -0.3 is 10.1 Å². The highest BCUT2D eigenvalue weighted by Crippen LogP contribution is 2.36. The summed E-state index contributed by atoms with van der Waals surface area (Å²) in [6.45, 7) is 5.83. The second kappa shape index (κ2) is 9.54. The van der Waals surface area contributed by atoms with Crippen molar-refractivity contribution in [3.63, 3.8) is 0 Å². The largest absolute Gasteiger partial charge is 0.434 e. The molecule has 0 atom stereocenters. The summed E-state index contributed by atoms with van der Waals surface area (Å²) in [5.74, 6) is 0.342. The first kappa shape index (κ1) is 21.5. The van der Waals surface area contributed by atoms with Gasteiger partial charge in [0.25, 0.3) is 0 Å². The molecule has 1 aromatic heterocycles. The zero-order valence-corrected chi connectivity index (χ0v) is 17.9. The fourth-order valence-electron chi connectivity index (χ4n) is 3.04. The normalized spacial score (nSPS) is 10.7. The second-order valence-electron chi connectivity index (χ2n) is 7.03. The van der Waals surface area contributed by atoms with Crippen LogP contribution in [0, 0.1) is 24.0 Å². The molecule has 0 aliphatic heterocycles. The van der Waals surface area contributed by atoms with Crippen LogP contribution in [-0.2, 0) is 6.42 Å². The lowest BCUT2D eigenvalue weighted by atomic mass is 10.1. The number of nitrogens with one attached hydrogen (secondary N) is 1. The molecule has 0 aliphatic carbocycles. The number of halogens is 1. The van der Waals surface area contributed by atoms with E-state index in [1.807, 2.05) is 38.1 Å². The molecule has 8 heteroatoms. The molecule has 0 bridgehead atoms. The van der Waals surface area contributed by atoms with Crippen LogP contribution in [0.2, 0.25) is 5.02 Å². The fraction of sp³-hybridized carbons (Fsp3) is 0.273. The van der Waals surface area contributed by atoms with Crippen molar-refractivity contribution in [3.8, 4) is 11.6 Å². The van der Waals surface area contributed by atoms with E-state index in [9.17, 15) is 10.1 Å². The predicted octanol–water partition coefficient (Wildman–Crippen LogP) is 6.53. The Morgan fingerprint density at radius 3 is 2.40 bits per heavy atom. The average molecular weight is 427 g/mol. The summed E-state index contributed by atoms with van der Waals surface area (Å²) in [7, 11) is 0. The average Bonchev–Trinajstić information content (AvgIpc) is 2.71. The van der Waals surface area contributed by atoms with E-state index in [0.29, 0.717) is 16.5 Å². The topological polar surface area (TPSA) is 90.2 Å². The first-order valence-corrected chi connectivity index (χ1v) is 10.1. The van der Waals surface area contributed by atoms with Crippen molar-refractivity contribution >= 4 is 28.8 Å². The zero-order chi connectivity index (χ0) is 21.7. The molecular formula is C22H23ClN4O3. The molecule has 3 aromatic rings. The third-order valence-corrected chi connectivity index (χ3v) is 5.23. The standard InChI is InChI=1S/C22H23ClN4O3/c1-4-5-6-16-7-9-17(10-8-16)26-21-20(27(28)29)22(25-13-24-21)30-18-11-14(2)19(23)15(3)12-18/h7-13H,4-6H2,1-3H3,(H,24,25,26). The molecule has 0 radical (unpaired) electrons. The molecule has 0 unspecified atom stereocenters. The van der Waals surface area contributed by atoms with Gasteiger partial charge in [0.15, 0.2) is 0 Å². The Morgan fingerprint density at radius 1 is 1.13 bits per heavy atom. The number of hydrogen-bond donors (Lipinski definition) is 1. The van der Waals surface area contributed by atoms with Crippen LogP contribution in [0.3, 0.4) is 0 Å². The Hall–Kier alpha value is -3.19. The van der Waals surface area contributed by atoms with Gasteiger partial charge in [-0.1, -0.05) is 37.1 Å². The van der Waals surface area contributed by atoms with Crippen LogP contribution in [0.4, 0.5) is 17.2 Å². The van der Waals surface area contributed by atoms with E-state index in [2.05, 4.69) is 22.2 Å². The molecule has 2 aromatic carbocycles. The van der Waals surface area contributed by atoms with Crippen molar-refractivity contribution in [2.24, 2.45) is 0 Å². The van der Waals surface area contributed by atoms with Gasteiger partial charge in [0.05, 0.1) is 4.92 Å². The van der Waals surface area contributed by atoms with E-state index >= 15 is 0 Å². The molecule has 0 fully saturated rings. The van der Waals surface area contributed by atoms with Crippen LogP contribution in [0.5, 0.6) is 11.6 Å². The van der Waals surface area contributed by atoms with Gasteiger partial charge in [-0.05, 0) is 67.6 Å². The lowest BCUT2D eigenvalue weighted by Gasteiger charge is -2.11. The Bertz CT molecular complexity index is 1030. The van der Waals surface area contributed by atoms with E-state index in [4.69, 9.17) is 16.3 Å². The number of benzene rings is 2. The smallest absolute Gasteiger partial charge is 0.373 e. The number of rotatable bonds is 8. The summed E-state index contributed by atoms with van der Waals surface area (Å²) in [4.78, 5) is 19.2. The van der Waals surface area contributed by atoms with E-state index in [1.54, 1.807) is 12.1 Å². The quantitative estimate of drug-likeness (QED) is 0.325. The lowest BCUT2D eigenvalue weighted by molar-refractivity contribution is -0.385. The van der Waals surface area contributed by atoms with Gasteiger partial charge in [-0.3, -0.25) is 10.1 Å². The Balaban J connectivity index is 1.89. The minimum Gasteiger partial charge on any atom is -0.434 e. The number of hydrogen-bond acceptors (Lipinski definition) is 6. The van der Waals surface area contributed by atoms with Gasteiger partial charge in [-0.25, -0.2) is 4.98 Å². The van der Waals surface area contributed by atoms with E-state index < -0.39 is 4.92 Å². The Kier molecular flexibility index (Phi) is 6.84. The molecular weight excluding hydrogens is 404 g/mol. The summed E-state index contributed by atoms with van der Waals surface area (Å²) >= 11 is 6.19. The number of aryl methyl sites for hydroxylation is 3. The molecule has 1 N–H and O–H groups in total. The van der Waals surface area contributed by atoms with Crippen LogP contribution in [-0.4, -0.2) is 14.9 Å². The van der Waals surface area contributed by atoms with Crippen LogP contribution < -0.4 is 10.1 Å². The summed E-state index contributed by atoms with van der Waals surface area (Å²) < 4.78 is 5.74. The van der Waals surface area contributed by atoms with Crippen molar-refractivity contribution in [3.05, 3.63) is 74.6 Å². The summed E-state index contributed by atoms with van der Waals surface area (Å²) in [5.41, 5.74) is 3.20. The lowest BCUT2D eigenvalue weighted by Crippen LogP contribution is -2.04. The predicted molar refractivity (Wildman–Crippen MR) is 118 cm³/mol. The van der Waals surface area contributed by atoms with Crippen LogP contribution in [0.1, 0.15) is 36.5 Å². The monoisotopic (exact) mass is 426 g/mol. The SMILES string of the molecule is CCCCc1ccc(Nc2ncnc(Oc3cc(C)c(Cl)c(C)c3)c2[N+](=O)[O-])cc1. The molecule has 3 rings (SSSR count). The molecule has 0 amide bonds. The number of unbranched alkanes of at least 4 members (excludes halogenated alkanes) is 1. The molecule has 1 heterocycles. The van der Waals surface area contributed by atoms with Crippen molar-refractivity contribution in [2.45, 2.75) is 40.0 Å². The minimum atomic E-state index is -0.553. The molecule has 0 aliphatic rings. The molecule has 7 nitrogen and oxygen atoms in total. The first-order valence-electron chi connectivity index (χ1n) is 9.69. The summed E-state index contributed by atoms with van der Waals surface area (Å²) in [6, 6.07) is 11.2. The third-order valence-electron chi connectivity index (χ3n) is 4.63. The maximum absolute atomic E-state index is 11.8. The first-order chi connectivity index (χ1) is 14.4. The number of ether oxygens (including phenoxy) is 1. The van der Waals surface area contributed by atoms with Crippen LogP contribution >= 0.6 is 11.6 Å². The Morgan fingerprint density at radius 2 is 1.80 bits per heavy atom. The second-order valence-corrected chi connectivity index (χ2v) is 7.41. The van der Waals surface area contributed by atoms with Crippen molar-refractivity contribution in [1.82, 2.24) is 9.97 Å². The maximum atomic E-state index is 11.8. The van der Waals surface area contributed by atoms with Gasteiger partial charge in [0.2, 0.25) is 5.82 Å². The Labute approximate surface area is 180 Å². The maximum Gasteiger partial charge on any atom is 0.373 e. The molecule has 0 saturated carbocycles. The van der Waals surface area contributed by atoms with Gasteiger partial charge in [0.1, 0.15) is 12.1 Å². The van der Waals surface area contributed by atoms with Gasteiger partial charge in [-0.15, -0.1) is 0 Å². The number of aromatic nitrogens is 2. The highest BCUT2D eigenvalue weighted by Gasteiger charge is 2.25. The number of anilines is 2. The highest BCUT2D eigenvalue weighted by atomic mass is 35.5. The third kappa shape index (κ3) is 5.04. The van der Waals surface area contributed by atoms with Crippen molar-refractivity contribution in [2.75, 3.05) is 5.32 Å². The molecule has 0 spiro atoms. The number of nitrogens with zero attached hydrogens (tertiary/aromatic N) is 3. The van der Waals surface area contributed by atoms with Gasteiger partial charge >= 0.3 is 11.6 Å². The fourth-order valence-corrected chi connectivity index (χ4v) is 3.15. The highest BCUT2D eigenvalue weighted by molar-refractivity contribution is 6.32. The molecule has 0 saturated heterocycles. The summed E-state index contributed by atoms with van der Waals surface area (Å²) in [5, 5.41) is 15.4. The zero-order valence-electron chi connectivity index (χ0n) is 17.1. The summed E-state index contributed by atoms with van der Waals surface area (Å²) in [6.07, 6.45) is 4.48. The van der Waals surface area contributed by atoms with E-state index in [-0.39, 0.29) is 17.4 Å². The number of nitro groups is 1. The van der Waals surface area contributed by atoms with Crippen molar-refractivity contribution in [1.29, 1.82) is 0 Å². The minimum absolute atomic E-state index is 0.0636. The van der Waals surface area contributed by atoms with E-state index in [1.165, 1.54) is 11.9 Å². The van der Waals surface area contributed by atoms with E-state index in [0.717, 1.165) is 30.4 Å². The van der Waals surface area contributed by atoms with Crippen LogP contribution in [0.25, 0.3) is 0 Å². The van der Waals surface area contributed by atoms with Crippen LogP contribution in [0.15, 0.2) is 42.7 Å². The van der Waals surface area contributed by atoms with Gasteiger partial charge in [-0.2, -0.15) is 4.98 Å². The molecule has 30 heavy (non-hydrogen) atoms.